The van der Waals surface area contributed by atoms with Gasteiger partial charge in [0.2, 0.25) is 0 Å². The van der Waals surface area contributed by atoms with Crippen LogP contribution in [-0.4, -0.2) is 4.98 Å². The largest absolute Gasteiger partial charge is 0.248 e. The zero-order valence-electron chi connectivity index (χ0n) is 11.6. The molecular weight excluding hydrogens is 230 g/mol. The van der Waals surface area contributed by atoms with Crippen LogP contribution in [0, 0.1) is 20.8 Å². The van der Waals surface area contributed by atoms with E-state index in [1.54, 1.807) is 0 Å². The first-order valence-corrected chi connectivity index (χ1v) is 6.58. The number of hydrogen-bond acceptors (Lipinski definition) is 1. The predicted molar refractivity (Wildman–Crippen MR) is 81.4 cm³/mol. The van der Waals surface area contributed by atoms with Gasteiger partial charge in [-0.05, 0) is 50.6 Å². The molecule has 0 atom stereocenters. The molecule has 94 valence electrons. The van der Waals surface area contributed by atoms with Gasteiger partial charge in [-0.3, -0.25) is 0 Å². The average molecular weight is 247 g/mol. The van der Waals surface area contributed by atoms with E-state index >= 15 is 0 Å². The normalized spacial score (nSPS) is 10.9. The Hall–Kier alpha value is -2.15. The minimum absolute atomic E-state index is 1.06. The third-order valence-electron chi connectivity index (χ3n) is 3.44. The van der Waals surface area contributed by atoms with Gasteiger partial charge in [0.05, 0.1) is 11.2 Å². The molecular formula is C18H17N. The van der Waals surface area contributed by atoms with Crippen molar-refractivity contribution >= 4 is 10.9 Å². The van der Waals surface area contributed by atoms with Crippen LogP contribution in [0.4, 0.5) is 0 Å². The van der Waals surface area contributed by atoms with Gasteiger partial charge in [0.15, 0.2) is 0 Å². The number of para-hydroxylation sites is 1. The Bertz CT molecular complexity index is 736. The summed E-state index contributed by atoms with van der Waals surface area (Å²) < 4.78 is 0. The molecule has 0 aliphatic rings. The average Bonchev–Trinajstić information content (AvgIpc) is 2.37. The smallest absolute Gasteiger partial charge is 0.0712 e. The maximum Gasteiger partial charge on any atom is 0.0712 e. The lowest BCUT2D eigenvalue weighted by atomic mass is 10.0. The number of aryl methyl sites for hydroxylation is 3. The monoisotopic (exact) mass is 247 g/mol. The van der Waals surface area contributed by atoms with Crippen molar-refractivity contribution < 1.29 is 0 Å². The summed E-state index contributed by atoms with van der Waals surface area (Å²) in [5.74, 6) is 0. The molecule has 0 bridgehead atoms. The van der Waals surface area contributed by atoms with E-state index in [1.807, 2.05) is 6.07 Å². The minimum Gasteiger partial charge on any atom is -0.248 e. The minimum atomic E-state index is 1.06. The molecule has 1 heteroatoms. The Morgan fingerprint density at radius 3 is 2.21 bits per heavy atom. The molecule has 0 N–H and O–H groups in total. The lowest BCUT2D eigenvalue weighted by molar-refractivity contribution is 1.33. The molecule has 3 rings (SSSR count). The first-order chi connectivity index (χ1) is 9.13. The fourth-order valence-electron chi connectivity index (χ4n) is 2.62. The number of nitrogens with zero attached hydrogens (tertiary/aromatic N) is 1. The summed E-state index contributed by atoms with van der Waals surface area (Å²) in [5.41, 5.74) is 7.16. The Morgan fingerprint density at radius 1 is 0.789 bits per heavy atom. The predicted octanol–water partition coefficient (Wildman–Crippen LogP) is 4.83. The highest BCUT2D eigenvalue weighted by Crippen LogP contribution is 2.25. The summed E-state index contributed by atoms with van der Waals surface area (Å²) in [6, 6.07) is 17.1. The summed E-state index contributed by atoms with van der Waals surface area (Å²) in [6.07, 6.45) is 0. The fraction of sp³-hybridized carbons (Fsp3) is 0.167. The summed E-state index contributed by atoms with van der Waals surface area (Å²) in [6.45, 7) is 6.41. The summed E-state index contributed by atoms with van der Waals surface area (Å²) in [5, 5.41) is 1.23. The second-order valence-electron chi connectivity index (χ2n) is 5.22. The maximum atomic E-state index is 4.79. The summed E-state index contributed by atoms with van der Waals surface area (Å²) in [4.78, 5) is 4.79. The molecule has 19 heavy (non-hydrogen) atoms. The van der Waals surface area contributed by atoms with Gasteiger partial charge in [-0.15, -0.1) is 0 Å². The topological polar surface area (TPSA) is 12.9 Å². The van der Waals surface area contributed by atoms with Crippen molar-refractivity contribution in [2.75, 3.05) is 0 Å². The lowest BCUT2D eigenvalue weighted by Crippen LogP contribution is -1.90. The van der Waals surface area contributed by atoms with Gasteiger partial charge in [-0.25, -0.2) is 4.98 Å². The molecule has 1 heterocycles. The number of aromatic nitrogens is 1. The van der Waals surface area contributed by atoms with Gasteiger partial charge in [0, 0.05) is 10.9 Å². The van der Waals surface area contributed by atoms with Crippen molar-refractivity contribution in [3.05, 3.63) is 65.2 Å². The van der Waals surface area contributed by atoms with Crippen molar-refractivity contribution in [2.24, 2.45) is 0 Å². The molecule has 0 radical (unpaired) electrons. The van der Waals surface area contributed by atoms with Gasteiger partial charge in [-0.2, -0.15) is 0 Å². The molecule has 1 nitrogen and oxygen atoms in total. The second-order valence-corrected chi connectivity index (χ2v) is 5.22. The number of rotatable bonds is 1. The van der Waals surface area contributed by atoms with Crippen LogP contribution in [0.3, 0.4) is 0 Å². The first-order valence-electron chi connectivity index (χ1n) is 6.58. The SMILES string of the molecule is Cc1cc(C)cc(-c2cc(C)c3ccccc3n2)c1. The van der Waals surface area contributed by atoms with Crippen molar-refractivity contribution in [1.29, 1.82) is 0 Å². The second kappa shape index (κ2) is 4.51. The van der Waals surface area contributed by atoms with Crippen molar-refractivity contribution in [3.63, 3.8) is 0 Å². The van der Waals surface area contributed by atoms with Crippen molar-refractivity contribution in [2.45, 2.75) is 20.8 Å². The number of fused-ring (bicyclic) bond motifs is 1. The zero-order chi connectivity index (χ0) is 13.4. The van der Waals surface area contributed by atoms with E-state index in [2.05, 4.69) is 63.2 Å². The Kier molecular flexibility index (Phi) is 2.83. The Labute approximate surface area is 113 Å². The van der Waals surface area contributed by atoms with Gasteiger partial charge in [0.25, 0.3) is 0 Å². The molecule has 0 aliphatic carbocycles. The zero-order valence-corrected chi connectivity index (χ0v) is 11.6. The van der Waals surface area contributed by atoms with Crippen molar-refractivity contribution in [1.82, 2.24) is 4.98 Å². The highest BCUT2D eigenvalue weighted by molar-refractivity contribution is 5.85. The van der Waals surface area contributed by atoms with E-state index in [1.165, 1.54) is 27.6 Å². The van der Waals surface area contributed by atoms with Crippen LogP contribution in [0.1, 0.15) is 16.7 Å². The molecule has 3 aromatic rings. The lowest BCUT2D eigenvalue weighted by Gasteiger charge is -2.08. The summed E-state index contributed by atoms with van der Waals surface area (Å²) >= 11 is 0. The van der Waals surface area contributed by atoms with E-state index in [-0.39, 0.29) is 0 Å². The highest BCUT2D eigenvalue weighted by Gasteiger charge is 2.05. The van der Waals surface area contributed by atoms with Crippen LogP contribution in [0.15, 0.2) is 48.5 Å². The van der Waals surface area contributed by atoms with Gasteiger partial charge < -0.3 is 0 Å². The van der Waals surface area contributed by atoms with E-state index in [0.29, 0.717) is 0 Å². The molecule has 2 aromatic carbocycles. The summed E-state index contributed by atoms with van der Waals surface area (Å²) in [7, 11) is 0. The van der Waals surface area contributed by atoms with Crippen LogP contribution in [0.25, 0.3) is 22.2 Å². The number of benzene rings is 2. The Morgan fingerprint density at radius 2 is 1.47 bits per heavy atom. The van der Waals surface area contributed by atoms with E-state index in [9.17, 15) is 0 Å². The maximum absolute atomic E-state index is 4.79. The molecule has 0 unspecified atom stereocenters. The van der Waals surface area contributed by atoms with Crippen LogP contribution in [0.5, 0.6) is 0 Å². The highest BCUT2D eigenvalue weighted by atomic mass is 14.7. The number of hydrogen-bond donors (Lipinski definition) is 0. The van der Waals surface area contributed by atoms with Gasteiger partial charge in [-0.1, -0.05) is 35.4 Å². The van der Waals surface area contributed by atoms with Crippen molar-refractivity contribution in [3.8, 4) is 11.3 Å². The third-order valence-corrected chi connectivity index (χ3v) is 3.44. The molecule has 0 fully saturated rings. The van der Waals surface area contributed by atoms with Gasteiger partial charge in [0.1, 0.15) is 0 Å². The number of pyridine rings is 1. The van der Waals surface area contributed by atoms with Crippen LogP contribution >= 0.6 is 0 Å². The quantitative estimate of drug-likeness (QED) is 0.600. The van der Waals surface area contributed by atoms with Crippen LogP contribution in [-0.2, 0) is 0 Å². The van der Waals surface area contributed by atoms with E-state index < -0.39 is 0 Å². The van der Waals surface area contributed by atoms with E-state index in [0.717, 1.165) is 11.2 Å². The first kappa shape index (κ1) is 11.9. The molecule has 0 saturated heterocycles. The van der Waals surface area contributed by atoms with Crippen LogP contribution in [0.2, 0.25) is 0 Å². The van der Waals surface area contributed by atoms with Gasteiger partial charge >= 0.3 is 0 Å². The molecule has 0 spiro atoms. The van der Waals surface area contributed by atoms with Crippen LogP contribution < -0.4 is 0 Å². The third kappa shape index (κ3) is 2.24. The molecule has 1 aromatic heterocycles. The fourth-order valence-corrected chi connectivity index (χ4v) is 2.62. The molecule has 0 amide bonds. The molecule has 0 aliphatic heterocycles. The molecule has 0 saturated carbocycles. The standard InChI is InChI=1S/C18H17N/c1-12-8-13(2)10-15(9-12)18-11-14(3)16-6-4-5-7-17(16)19-18/h4-11H,1-3H3. The Balaban J connectivity index is 2.25. The van der Waals surface area contributed by atoms with E-state index in [4.69, 9.17) is 4.98 Å².